The maximum absolute atomic E-state index is 11.5. The van der Waals surface area contributed by atoms with Crippen LogP contribution in [0.5, 0.6) is 0 Å². The Morgan fingerprint density at radius 1 is 1.40 bits per heavy atom. The number of carbonyl (C=O) groups is 1. The average Bonchev–Trinajstić information content (AvgIpc) is 2.77. The molecule has 0 fully saturated rings. The van der Waals surface area contributed by atoms with E-state index in [0.29, 0.717) is 23.8 Å². The Labute approximate surface area is 120 Å². The number of benzene rings is 1. The lowest BCUT2D eigenvalue weighted by atomic mass is 9.81. The van der Waals surface area contributed by atoms with Gasteiger partial charge in [-0.3, -0.25) is 4.79 Å². The van der Waals surface area contributed by atoms with Crippen LogP contribution in [0.2, 0.25) is 5.02 Å². The second-order valence-electron chi connectivity index (χ2n) is 4.88. The number of aliphatic carboxylic acids is 1. The Hall–Kier alpha value is -2.08. The largest absolute Gasteiger partial charge is 0.481 e. The number of nitrogen functional groups attached to an aromatic ring is 1. The van der Waals surface area contributed by atoms with E-state index in [-0.39, 0.29) is 11.9 Å². The summed E-state index contributed by atoms with van der Waals surface area (Å²) in [6.07, 6.45) is 0.326. The predicted octanol–water partition coefficient (Wildman–Crippen LogP) is 1.55. The Kier molecular flexibility index (Phi) is 3.10. The monoisotopic (exact) mass is 292 g/mol. The summed E-state index contributed by atoms with van der Waals surface area (Å²) >= 11 is 5.87. The number of carboxylic acids is 1. The van der Waals surface area contributed by atoms with Crippen LogP contribution >= 0.6 is 11.6 Å². The third-order valence-corrected chi connectivity index (χ3v) is 3.89. The quantitative estimate of drug-likeness (QED) is 0.876. The number of hydrogen-bond acceptors (Lipinski definition) is 4. The number of hydrogen-bond donors (Lipinski definition) is 2. The Morgan fingerprint density at radius 2 is 2.10 bits per heavy atom. The van der Waals surface area contributed by atoms with Crippen molar-refractivity contribution in [2.45, 2.75) is 18.9 Å². The highest BCUT2D eigenvalue weighted by molar-refractivity contribution is 6.30. The molecule has 0 saturated heterocycles. The van der Waals surface area contributed by atoms with Crippen molar-refractivity contribution in [3.63, 3.8) is 0 Å². The highest BCUT2D eigenvalue weighted by Crippen LogP contribution is 2.34. The fourth-order valence-electron chi connectivity index (χ4n) is 2.65. The van der Waals surface area contributed by atoms with Gasteiger partial charge in [0.1, 0.15) is 5.82 Å². The molecular weight excluding hydrogens is 280 g/mol. The molecule has 3 rings (SSSR count). The van der Waals surface area contributed by atoms with E-state index < -0.39 is 11.9 Å². The zero-order valence-corrected chi connectivity index (χ0v) is 11.3. The zero-order valence-electron chi connectivity index (χ0n) is 10.5. The van der Waals surface area contributed by atoms with Crippen LogP contribution in [0, 0.1) is 5.92 Å². The number of carboxylic acid groups (broad SMARTS) is 1. The number of nitrogens with two attached hydrogens (primary N) is 1. The molecule has 1 aliphatic rings. The van der Waals surface area contributed by atoms with Crippen LogP contribution in [-0.2, 0) is 17.8 Å². The minimum absolute atomic E-state index is 0.168. The molecule has 2 heterocycles. The van der Waals surface area contributed by atoms with Gasteiger partial charge in [-0.1, -0.05) is 23.7 Å². The summed E-state index contributed by atoms with van der Waals surface area (Å²) in [6, 6.07) is 7.24. The van der Waals surface area contributed by atoms with E-state index in [1.807, 2.05) is 12.1 Å². The second-order valence-corrected chi connectivity index (χ2v) is 5.31. The summed E-state index contributed by atoms with van der Waals surface area (Å²) in [5.41, 5.74) is 6.51. The summed E-state index contributed by atoms with van der Waals surface area (Å²) in [6.45, 7) is 0.456. The maximum atomic E-state index is 11.5. The van der Waals surface area contributed by atoms with Gasteiger partial charge in [-0.05, 0) is 17.7 Å². The van der Waals surface area contributed by atoms with Crippen molar-refractivity contribution < 1.29 is 9.90 Å². The lowest BCUT2D eigenvalue weighted by Gasteiger charge is -2.29. The molecule has 1 aromatic heterocycles. The van der Waals surface area contributed by atoms with Crippen LogP contribution in [-0.4, -0.2) is 25.8 Å². The number of fused-ring (bicyclic) bond motifs is 1. The minimum atomic E-state index is -0.835. The molecule has 2 atom stereocenters. The first-order valence-electron chi connectivity index (χ1n) is 6.22. The molecule has 0 aliphatic carbocycles. The Bertz CT molecular complexity index is 653. The van der Waals surface area contributed by atoms with Crippen LogP contribution in [0.4, 0.5) is 5.95 Å². The smallest absolute Gasteiger partial charge is 0.307 e. The average molecular weight is 293 g/mol. The van der Waals surface area contributed by atoms with Gasteiger partial charge in [-0.25, -0.2) is 4.68 Å². The number of rotatable bonds is 2. The zero-order chi connectivity index (χ0) is 14.3. The van der Waals surface area contributed by atoms with E-state index in [4.69, 9.17) is 17.3 Å². The third kappa shape index (κ3) is 2.22. The molecule has 0 amide bonds. The molecule has 104 valence electrons. The lowest BCUT2D eigenvalue weighted by Crippen LogP contribution is -2.33. The SMILES string of the molecule is Nc1nc2n(n1)CC(c1ccc(Cl)cc1)C(C(=O)O)C2. The van der Waals surface area contributed by atoms with Gasteiger partial charge < -0.3 is 10.8 Å². The van der Waals surface area contributed by atoms with E-state index in [1.165, 1.54) is 0 Å². The van der Waals surface area contributed by atoms with Crippen LogP contribution in [0.3, 0.4) is 0 Å². The molecule has 0 saturated carbocycles. The van der Waals surface area contributed by atoms with Gasteiger partial charge in [-0.2, -0.15) is 4.98 Å². The summed E-state index contributed by atoms with van der Waals surface area (Å²) in [4.78, 5) is 15.6. The molecule has 0 bridgehead atoms. The second kappa shape index (κ2) is 4.79. The van der Waals surface area contributed by atoms with Crippen molar-refractivity contribution >= 4 is 23.5 Å². The topological polar surface area (TPSA) is 94.0 Å². The third-order valence-electron chi connectivity index (χ3n) is 3.64. The van der Waals surface area contributed by atoms with E-state index in [2.05, 4.69) is 10.1 Å². The first kappa shape index (κ1) is 12.9. The predicted molar refractivity (Wildman–Crippen MR) is 73.5 cm³/mol. The molecule has 1 aromatic carbocycles. The molecule has 1 aliphatic heterocycles. The number of halogens is 1. The highest BCUT2D eigenvalue weighted by atomic mass is 35.5. The molecule has 2 unspecified atom stereocenters. The summed E-state index contributed by atoms with van der Waals surface area (Å²) < 4.78 is 1.69. The fraction of sp³-hybridized carbons (Fsp3) is 0.308. The van der Waals surface area contributed by atoms with Gasteiger partial charge in [0.2, 0.25) is 5.95 Å². The molecule has 2 aromatic rings. The highest BCUT2D eigenvalue weighted by Gasteiger charge is 2.36. The number of nitrogens with zero attached hydrogens (tertiary/aromatic N) is 3. The van der Waals surface area contributed by atoms with Crippen molar-refractivity contribution in [2.24, 2.45) is 5.92 Å². The van der Waals surface area contributed by atoms with Crippen LogP contribution in [0.1, 0.15) is 17.3 Å². The first-order valence-corrected chi connectivity index (χ1v) is 6.60. The molecule has 0 spiro atoms. The molecule has 3 N–H and O–H groups in total. The molecule has 20 heavy (non-hydrogen) atoms. The molecule has 7 heteroatoms. The van der Waals surface area contributed by atoms with Crippen molar-refractivity contribution in [2.75, 3.05) is 5.73 Å². The van der Waals surface area contributed by atoms with Gasteiger partial charge in [0.15, 0.2) is 0 Å². The molecule has 6 nitrogen and oxygen atoms in total. The molecule has 0 radical (unpaired) electrons. The van der Waals surface area contributed by atoms with Gasteiger partial charge in [0, 0.05) is 17.4 Å². The summed E-state index contributed by atoms with van der Waals surface area (Å²) in [7, 11) is 0. The fourth-order valence-corrected chi connectivity index (χ4v) is 2.78. The minimum Gasteiger partial charge on any atom is -0.481 e. The molecular formula is C13H13ClN4O2. The van der Waals surface area contributed by atoms with E-state index in [0.717, 1.165) is 5.56 Å². The van der Waals surface area contributed by atoms with E-state index in [1.54, 1.807) is 16.8 Å². The number of aromatic nitrogens is 3. The summed E-state index contributed by atoms with van der Waals surface area (Å²) in [5.74, 6) is -0.732. The van der Waals surface area contributed by atoms with Crippen LogP contribution in [0.25, 0.3) is 0 Å². The van der Waals surface area contributed by atoms with E-state index in [9.17, 15) is 9.90 Å². The van der Waals surface area contributed by atoms with Gasteiger partial charge in [0.05, 0.1) is 12.5 Å². The standard InChI is InChI=1S/C13H13ClN4O2/c14-8-3-1-7(2-4-8)10-6-18-11(16-13(15)17-18)5-9(10)12(19)20/h1-4,9-10H,5-6H2,(H2,15,17)(H,19,20). The van der Waals surface area contributed by atoms with Crippen molar-refractivity contribution in [3.05, 3.63) is 40.7 Å². The Balaban J connectivity index is 1.99. The summed E-state index contributed by atoms with van der Waals surface area (Å²) in [5, 5.41) is 14.2. The van der Waals surface area contributed by atoms with Gasteiger partial charge >= 0.3 is 5.97 Å². The van der Waals surface area contributed by atoms with Crippen LogP contribution in [0.15, 0.2) is 24.3 Å². The normalized spacial score (nSPS) is 21.4. The van der Waals surface area contributed by atoms with Crippen molar-refractivity contribution in [3.8, 4) is 0 Å². The van der Waals surface area contributed by atoms with Crippen molar-refractivity contribution in [1.82, 2.24) is 14.8 Å². The Morgan fingerprint density at radius 3 is 2.75 bits per heavy atom. The number of anilines is 1. The lowest BCUT2D eigenvalue weighted by molar-refractivity contribution is -0.143. The maximum Gasteiger partial charge on any atom is 0.307 e. The van der Waals surface area contributed by atoms with Gasteiger partial charge in [0.25, 0.3) is 0 Å². The van der Waals surface area contributed by atoms with Crippen molar-refractivity contribution in [1.29, 1.82) is 0 Å². The van der Waals surface area contributed by atoms with Gasteiger partial charge in [-0.15, -0.1) is 5.10 Å². The van der Waals surface area contributed by atoms with Crippen LogP contribution < -0.4 is 5.73 Å². The van der Waals surface area contributed by atoms with E-state index >= 15 is 0 Å². The first-order chi connectivity index (χ1) is 9.54.